The van der Waals surface area contributed by atoms with Crippen molar-refractivity contribution in [1.29, 1.82) is 0 Å². The lowest BCUT2D eigenvalue weighted by Crippen LogP contribution is -2.39. The van der Waals surface area contributed by atoms with Gasteiger partial charge in [0.15, 0.2) is 0 Å². The molecule has 4 aromatic rings. The van der Waals surface area contributed by atoms with Crippen LogP contribution in [0.2, 0.25) is 0 Å². The molecule has 190 valence electrons. The number of rotatable bonds is 10. The first-order chi connectivity index (χ1) is 17.8. The van der Waals surface area contributed by atoms with Gasteiger partial charge in [0.05, 0.1) is 11.4 Å². The van der Waals surface area contributed by atoms with Crippen LogP contribution >= 0.6 is 0 Å². The summed E-state index contributed by atoms with van der Waals surface area (Å²) >= 11 is 0. The van der Waals surface area contributed by atoms with Crippen LogP contribution < -0.4 is 10.1 Å². The van der Waals surface area contributed by atoms with E-state index in [0.717, 1.165) is 11.1 Å². The molecule has 1 amide bonds. The lowest BCUT2D eigenvalue weighted by molar-refractivity contribution is -0.116. The zero-order chi connectivity index (χ0) is 26.3. The summed E-state index contributed by atoms with van der Waals surface area (Å²) in [6.07, 6.45) is 0.490. The highest BCUT2D eigenvalue weighted by atomic mass is 32.2. The van der Waals surface area contributed by atoms with Gasteiger partial charge in [0, 0.05) is 12.2 Å². The number of para-hydroxylation sites is 1. The van der Waals surface area contributed by atoms with Crippen molar-refractivity contribution >= 4 is 21.6 Å². The second kappa shape index (κ2) is 11.9. The predicted octanol–water partition coefficient (Wildman–Crippen LogP) is 5.97. The molecule has 0 saturated carbocycles. The molecule has 0 heterocycles. The van der Waals surface area contributed by atoms with Crippen molar-refractivity contribution in [3.63, 3.8) is 0 Å². The summed E-state index contributed by atoms with van der Waals surface area (Å²) in [4.78, 5) is 13.2. The molecule has 0 saturated heterocycles. The smallest absolute Gasteiger partial charge is 0.243 e. The summed E-state index contributed by atoms with van der Waals surface area (Å²) in [6, 6.07) is 31.3. The zero-order valence-electron chi connectivity index (χ0n) is 20.9. The van der Waals surface area contributed by atoms with Gasteiger partial charge in [-0.15, -0.1) is 0 Å². The number of carbonyl (C=O) groups excluding carboxylic acids is 1. The minimum atomic E-state index is -3.90. The summed E-state index contributed by atoms with van der Waals surface area (Å²) < 4.78 is 34.4. The highest BCUT2D eigenvalue weighted by molar-refractivity contribution is 7.89. The van der Waals surface area contributed by atoms with Crippen LogP contribution in [0, 0.1) is 13.8 Å². The molecule has 0 aromatic heterocycles. The minimum absolute atomic E-state index is 0.178. The third kappa shape index (κ3) is 7.06. The van der Waals surface area contributed by atoms with Gasteiger partial charge in [-0.2, -0.15) is 4.31 Å². The van der Waals surface area contributed by atoms with E-state index in [1.807, 2.05) is 73.7 Å². The lowest BCUT2D eigenvalue weighted by Gasteiger charge is -2.23. The first-order valence-electron chi connectivity index (χ1n) is 12.1. The number of hydrogen-bond acceptors (Lipinski definition) is 4. The molecule has 6 nitrogen and oxygen atoms in total. The van der Waals surface area contributed by atoms with Crippen molar-refractivity contribution < 1.29 is 17.9 Å². The van der Waals surface area contributed by atoms with E-state index in [2.05, 4.69) is 5.32 Å². The van der Waals surface area contributed by atoms with Crippen molar-refractivity contribution in [3.05, 3.63) is 120 Å². The van der Waals surface area contributed by atoms with Gasteiger partial charge in [-0.3, -0.25) is 4.79 Å². The van der Waals surface area contributed by atoms with Crippen LogP contribution in [-0.4, -0.2) is 31.7 Å². The number of sulfonamides is 1. The third-order valence-corrected chi connectivity index (χ3v) is 7.88. The molecule has 0 aliphatic carbocycles. The Hall–Kier alpha value is -3.94. The Morgan fingerprint density at radius 1 is 0.811 bits per heavy atom. The van der Waals surface area contributed by atoms with E-state index in [-0.39, 0.29) is 18.0 Å². The molecule has 0 fully saturated rings. The number of hydrogen-bond donors (Lipinski definition) is 1. The first-order valence-corrected chi connectivity index (χ1v) is 13.5. The van der Waals surface area contributed by atoms with Crippen molar-refractivity contribution in [2.75, 3.05) is 18.4 Å². The van der Waals surface area contributed by atoms with Gasteiger partial charge in [-0.05, 0) is 79.4 Å². The summed E-state index contributed by atoms with van der Waals surface area (Å²) in [5, 5.41) is 2.81. The second-order valence-corrected chi connectivity index (χ2v) is 10.7. The summed E-state index contributed by atoms with van der Waals surface area (Å²) in [6.45, 7) is 3.49. The molecule has 0 atom stereocenters. The van der Waals surface area contributed by atoms with E-state index in [1.54, 1.807) is 43.3 Å². The van der Waals surface area contributed by atoms with Gasteiger partial charge in [0.25, 0.3) is 0 Å². The average molecular weight is 515 g/mol. The Bertz CT molecular complexity index is 1440. The fraction of sp³-hybridized carbons (Fsp3) is 0.167. The van der Waals surface area contributed by atoms with Crippen LogP contribution in [0.25, 0.3) is 0 Å². The Balaban J connectivity index is 1.49. The summed E-state index contributed by atoms with van der Waals surface area (Å²) in [5.41, 5.74) is 3.04. The molecule has 4 rings (SSSR count). The van der Waals surface area contributed by atoms with E-state index in [0.29, 0.717) is 29.2 Å². The van der Waals surface area contributed by atoms with Crippen LogP contribution in [0.1, 0.15) is 16.7 Å². The Labute approximate surface area is 218 Å². The summed E-state index contributed by atoms with van der Waals surface area (Å²) in [5.74, 6) is 0.926. The average Bonchev–Trinajstić information content (AvgIpc) is 2.90. The van der Waals surface area contributed by atoms with Crippen LogP contribution in [0.5, 0.6) is 11.5 Å². The molecule has 0 radical (unpaired) electrons. The maximum absolute atomic E-state index is 13.7. The second-order valence-electron chi connectivity index (χ2n) is 8.83. The van der Waals surface area contributed by atoms with Gasteiger partial charge < -0.3 is 10.1 Å². The van der Waals surface area contributed by atoms with Crippen molar-refractivity contribution in [2.45, 2.75) is 25.2 Å². The lowest BCUT2D eigenvalue weighted by atomic mass is 10.1. The number of aryl methyl sites for hydroxylation is 2. The molecule has 1 N–H and O–H groups in total. The van der Waals surface area contributed by atoms with Gasteiger partial charge in [0.2, 0.25) is 15.9 Å². The molecule has 4 aromatic carbocycles. The number of nitrogens with zero attached hydrogens (tertiary/aromatic N) is 1. The van der Waals surface area contributed by atoms with Crippen molar-refractivity contribution in [1.82, 2.24) is 4.31 Å². The van der Waals surface area contributed by atoms with E-state index in [4.69, 9.17) is 4.74 Å². The van der Waals surface area contributed by atoms with Crippen LogP contribution in [0.15, 0.2) is 108 Å². The molecule has 7 heteroatoms. The number of carbonyl (C=O) groups is 1. The molecule has 0 aliphatic heterocycles. The highest BCUT2D eigenvalue weighted by Crippen LogP contribution is 2.24. The first kappa shape index (κ1) is 26.1. The Kier molecular flexibility index (Phi) is 8.38. The number of ether oxygens (including phenoxy) is 1. The number of anilines is 1. The normalized spacial score (nSPS) is 11.3. The van der Waals surface area contributed by atoms with Crippen LogP contribution in [-0.2, 0) is 21.2 Å². The van der Waals surface area contributed by atoms with E-state index < -0.39 is 15.9 Å². The van der Waals surface area contributed by atoms with E-state index >= 15 is 0 Å². The molecule has 0 unspecified atom stereocenters. The standard InChI is InChI=1S/C30H30N2O4S/c1-23-13-14-24(2)29(21-23)37(34,35)32(20-19-25-9-5-3-6-10-25)22-30(33)31-26-15-17-28(18-16-26)36-27-11-7-4-8-12-27/h3-18,21H,19-20,22H2,1-2H3,(H,31,33). The molecule has 0 spiro atoms. The minimum Gasteiger partial charge on any atom is -0.457 e. The van der Waals surface area contributed by atoms with E-state index in [9.17, 15) is 13.2 Å². The topological polar surface area (TPSA) is 75.7 Å². The third-order valence-electron chi connectivity index (χ3n) is 5.89. The van der Waals surface area contributed by atoms with Gasteiger partial charge >= 0.3 is 0 Å². The summed E-state index contributed by atoms with van der Waals surface area (Å²) in [7, 11) is -3.90. The van der Waals surface area contributed by atoms with Crippen molar-refractivity contribution in [3.8, 4) is 11.5 Å². The number of benzene rings is 4. The highest BCUT2D eigenvalue weighted by Gasteiger charge is 2.28. The van der Waals surface area contributed by atoms with Gasteiger partial charge in [-0.1, -0.05) is 60.7 Å². The molecular formula is C30H30N2O4S. The molecule has 0 bridgehead atoms. The largest absolute Gasteiger partial charge is 0.457 e. The predicted molar refractivity (Wildman–Crippen MR) is 146 cm³/mol. The zero-order valence-corrected chi connectivity index (χ0v) is 21.7. The fourth-order valence-corrected chi connectivity index (χ4v) is 5.61. The van der Waals surface area contributed by atoms with Crippen molar-refractivity contribution in [2.24, 2.45) is 0 Å². The van der Waals surface area contributed by atoms with Gasteiger partial charge in [0.1, 0.15) is 11.5 Å². The SMILES string of the molecule is Cc1ccc(C)c(S(=O)(=O)N(CCc2ccccc2)CC(=O)Nc2ccc(Oc3ccccc3)cc2)c1. The number of nitrogens with one attached hydrogen (secondary N) is 1. The van der Waals surface area contributed by atoms with Gasteiger partial charge in [-0.25, -0.2) is 8.42 Å². The quantitative estimate of drug-likeness (QED) is 0.283. The maximum atomic E-state index is 13.7. The maximum Gasteiger partial charge on any atom is 0.243 e. The number of amides is 1. The molecule has 37 heavy (non-hydrogen) atoms. The Morgan fingerprint density at radius 3 is 2.11 bits per heavy atom. The van der Waals surface area contributed by atoms with Crippen LogP contribution in [0.4, 0.5) is 5.69 Å². The Morgan fingerprint density at radius 2 is 1.43 bits per heavy atom. The molecule has 0 aliphatic rings. The fourth-order valence-electron chi connectivity index (χ4n) is 3.90. The van der Waals surface area contributed by atoms with Crippen LogP contribution in [0.3, 0.4) is 0 Å². The monoisotopic (exact) mass is 514 g/mol. The molecular weight excluding hydrogens is 484 g/mol. The van der Waals surface area contributed by atoms with E-state index in [1.165, 1.54) is 4.31 Å².